The minimum absolute atomic E-state index is 0.429. The van der Waals surface area contributed by atoms with Gasteiger partial charge in [-0.2, -0.15) is 0 Å². The van der Waals surface area contributed by atoms with Crippen molar-refractivity contribution < 1.29 is 4.74 Å². The third kappa shape index (κ3) is 6.82. The van der Waals surface area contributed by atoms with Gasteiger partial charge < -0.3 is 9.64 Å². The molecule has 5 heteroatoms. The number of hydrogen-bond acceptors (Lipinski definition) is 4. The van der Waals surface area contributed by atoms with E-state index in [1.807, 2.05) is 0 Å². The number of nitrogens with zero attached hydrogens (tertiary/aromatic N) is 2. The Morgan fingerprint density at radius 1 is 1.53 bits per heavy atom. The van der Waals surface area contributed by atoms with Crippen LogP contribution in [0.2, 0.25) is 0 Å². The van der Waals surface area contributed by atoms with Gasteiger partial charge in [0.15, 0.2) is 0 Å². The molecule has 1 aliphatic rings. The fourth-order valence-corrected chi connectivity index (χ4v) is 2.70. The van der Waals surface area contributed by atoms with Crippen molar-refractivity contribution in [2.45, 2.75) is 25.9 Å². The summed E-state index contributed by atoms with van der Waals surface area (Å²) in [6.45, 7) is 8.73. The largest absolute Gasteiger partial charge is 0.376 e. The second-order valence-electron chi connectivity index (χ2n) is 4.68. The topological polar surface area (TPSA) is 15.7 Å². The fraction of sp³-hybridized carbons (Fsp3) is 1.00. The molecular weight excluding hydrogens is 252 g/mol. The first-order valence-electron chi connectivity index (χ1n) is 6.58. The highest BCUT2D eigenvalue weighted by molar-refractivity contribution is 8.17. The summed E-state index contributed by atoms with van der Waals surface area (Å²) in [5, 5.41) is 0. The van der Waals surface area contributed by atoms with E-state index in [2.05, 4.69) is 23.8 Å². The van der Waals surface area contributed by atoms with E-state index in [9.17, 15) is 0 Å². The van der Waals surface area contributed by atoms with E-state index < -0.39 is 0 Å². The monoisotopic (exact) mass is 278 g/mol. The van der Waals surface area contributed by atoms with Crippen LogP contribution >= 0.6 is 0 Å². The van der Waals surface area contributed by atoms with E-state index in [0.29, 0.717) is 6.10 Å². The summed E-state index contributed by atoms with van der Waals surface area (Å²) in [6.07, 6.45) is 2.81. The van der Waals surface area contributed by atoms with Gasteiger partial charge in [-0.25, -0.2) is 0 Å². The van der Waals surface area contributed by atoms with E-state index in [0.717, 1.165) is 55.3 Å². The van der Waals surface area contributed by atoms with Crippen LogP contribution in [0.5, 0.6) is 0 Å². The van der Waals surface area contributed by atoms with Crippen molar-refractivity contribution in [2.24, 2.45) is 0 Å². The van der Waals surface area contributed by atoms with Crippen molar-refractivity contribution in [3.63, 3.8) is 0 Å². The van der Waals surface area contributed by atoms with Crippen molar-refractivity contribution in [2.75, 3.05) is 52.1 Å². The predicted molar refractivity (Wildman–Crippen MR) is 79.6 cm³/mol. The predicted octanol–water partition coefficient (Wildman–Crippen LogP) is 0.696. The molecule has 0 aromatic heterocycles. The van der Waals surface area contributed by atoms with Crippen LogP contribution < -0.4 is 0 Å². The lowest BCUT2D eigenvalue weighted by Crippen LogP contribution is -2.44. The number of thiol groups is 1. The van der Waals surface area contributed by atoms with Gasteiger partial charge in [-0.05, 0) is 38.7 Å². The van der Waals surface area contributed by atoms with Gasteiger partial charge in [-0.3, -0.25) is 4.90 Å². The third-order valence-corrected chi connectivity index (χ3v) is 4.37. The van der Waals surface area contributed by atoms with Crippen molar-refractivity contribution in [1.29, 1.82) is 0 Å². The van der Waals surface area contributed by atoms with Crippen molar-refractivity contribution >= 4 is 21.5 Å². The smallest absolute Gasteiger partial charge is 0.0714 e. The molecule has 0 saturated carbocycles. The Balaban J connectivity index is 2.16. The molecule has 17 heavy (non-hydrogen) atoms. The highest BCUT2D eigenvalue weighted by Crippen LogP contribution is 2.09. The van der Waals surface area contributed by atoms with Crippen LogP contribution in [0.4, 0.5) is 0 Å². The molecule has 0 spiro atoms. The van der Waals surface area contributed by atoms with E-state index >= 15 is 0 Å². The van der Waals surface area contributed by atoms with Gasteiger partial charge in [0.2, 0.25) is 0 Å². The second kappa shape index (κ2) is 9.39. The van der Waals surface area contributed by atoms with Crippen LogP contribution in [-0.2, 0) is 26.2 Å². The molecule has 1 atom stereocenters. The molecule has 0 unspecified atom stereocenters. The molecule has 1 fully saturated rings. The normalized spacial score (nSPS) is 22.2. The van der Waals surface area contributed by atoms with Crippen molar-refractivity contribution in [3.8, 4) is 0 Å². The average Bonchev–Trinajstić information content (AvgIpc) is 2.37. The van der Waals surface area contributed by atoms with Crippen LogP contribution in [-0.4, -0.2) is 68.0 Å². The maximum absolute atomic E-state index is 5.82. The zero-order chi connectivity index (χ0) is 12.5. The third-order valence-electron chi connectivity index (χ3n) is 3.32. The molecule has 0 N–H and O–H groups in total. The van der Waals surface area contributed by atoms with Gasteiger partial charge in [-0.1, -0.05) is 18.1 Å². The standard InChI is InChI=1S/C12H26N2OS2/c1-3-13(2)7-5-12-11-14(8-9-15-12)6-4-10-17-16/h12,17H,3-11H2,1-2H3/t12-/m0/s1. The van der Waals surface area contributed by atoms with Gasteiger partial charge in [0, 0.05) is 19.6 Å². The highest BCUT2D eigenvalue weighted by atomic mass is 32.8. The van der Waals surface area contributed by atoms with E-state index in [1.54, 1.807) is 0 Å². The molecule has 1 heterocycles. The Labute approximate surface area is 114 Å². The first kappa shape index (κ1) is 15.5. The maximum atomic E-state index is 5.82. The summed E-state index contributed by atoms with van der Waals surface area (Å²) in [5.74, 6) is 1.15. The van der Waals surface area contributed by atoms with E-state index in [-0.39, 0.29) is 0 Å². The summed E-state index contributed by atoms with van der Waals surface area (Å²) < 4.78 is 5.82. The maximum Gasteiger partial charge on any atom is 0.0714 e. The first-order chi connectivity index (χ1) is 8.26. The number of ether oxygens (including phenoxy) is 1. The minimum atomic E-state index is 0.429. The zero-order valence-corrected chi connectivity index (χ0v) is 12.8. The summed E-state index contributed by atoms with van der Waals surface area (Å²) in [5.41, 5.74) is 0. The molecule has 0 aromatic rings. The molecule has 0 radical (unpaired) electrons. The molecule has 0 bridgehead atoms. The molecule has 3 nitrogen and oxygen atoms in total. The number of morpholine rings is 1. The van der Waals surface area contributed by atoms with Gasteiger partial charge in [0.1, 0.15) is 0 Å². The fourth-order valence-electron chi connectivity index (χ4n) is 2.04. The molecule has 1 aliphatic heterocycles. The molecule has 1 rings (SSSR count). The van der Waals surface area contributed by atoms with Crippen molar-refractivity contribution in [1.82, 2.24) is 9.80 Å². The van der Waals surface area contributed by atoms with Crippen LogP contribution in [0.25, 0.3) is 0 Å². The zero-order valence-electron chi connectivity index (χ0n) is 11.1. The molecule has 102 valence electrons. The van der Waals surface area contributed by atoms with Crippen LogP contribution in [0.3, 0.4) is 0 Å². The summed E-state index contributed by atoms with van der Waals surface area (Å²) >= 11 is 4.95. The quantitative estimate of drug-likeness (QED) is 0.519. The second-order valence-corrected chi connectivity index (χ2v) is 6.16. The van der Waals surface area contributed by atoms with Gasteiger partial charge in [0.25, 0.3) is 0 Å². The lowest BCUT2D eigenvalue weighted by Gasteiger charge is -2.33. The van der Waals surface area contributed by atoms with Gasteiger partial charge in [-0.15, -0.1) is 10.3 Å². The summed E-state index contributed by atoms with van der Waals surface area (Å²) in [4.78, 5) is 4.87. The first-order valence-corrected chi connectivity index (χ1v) is 8.67. The summed E-state index contributed by atoms with van der Waals surface area (Å²) in [6, 6.07) is 0. The highest BCUT2D eigenvalue weighted by Gasteiger charge is 2.19. The Morgan fingerprint density at radius 3 is 3.06 bits per heavy atom. The molecule has 1 saturated heterocycles. The lowest BCUT2D eigenvalue weighted by atomic mass is 10.2. The Bertz CT molecular complexity index is 217. The number of hydrogen-bond donors (Lipinski definition) is 1. The summed E-state index contributed by atoms with van der Waals surface area (Å²) in [7, 11) is 3.28. The van der Waals surface area contributed by atoms with Crippen molar-refractivity contribution in [3.05, 3.63) is 0 Å². The Hall–Kier alpha value is 0.450. The van der Waals surface area contributed by atoms with Gasteiger partial charge >= 0.3 is 0 Å². The van der Waals surface area contributed by atoms with E-state index in [1.165, 1.54) is 13.0 Å². The van der Waals surface area contributed by atoms with Crippen LogP contribution in [0, 0.1) is 0 Å². The molecular formula is C12H26N2OS2. The lowest BCUT2D eigenvalue weighted by molar-refractivity contribution is -0.0345. The Morgan fingerprint density at radius 2 is 2.35 bits per heavy atom. The average molecular weight is 278 g/mol. The minimum Gasteiger partial charge on any atom is -0.376 e. The molecule has 0 aromatic carbocycles. The van der Waals surface area contributed by atoms with E-state index in [4.69, 9.17) is 15.9 Å². The SMILES string of the molecule is CCN(C)CC[C@H]1CN(CCC[SH]=S)CCO1. The van der Waals surface area contributed by atoms with Crippen LogP contribution in [0.1, 0.15) is 19.8 Å². The Kier molecular flexibility index (Phi) is 8.56. The molecule has 0 amide bonds. The van der Waals surface area contributed by atoms with Crippen LogP contribution in [0.15, 0.2) is 0 Å². The molecule has 0 aliphatic carbocycles. The number of rotatable bonds is 8. The van der Waals surface area contributed by atoms with Gasteiger partial charge in [0.05, 0.1) is 12.7 Å².